The predicted octanol–water partition coefficient (Wildman–Crippen LogP) is 2.15. The van der Waals surface area contributed by atoms with E-state index in [9.17, 15) is 9.59 Å². The lowest BCUT2D eigenvalue weighted by Gasteiger charge is -2.29. The van der Waals surface area contributed by atoms with Crippen molar-refractivity contribution in [3.63, 3.8) is 0 Å². The van der Waals surface area contributed by atoms with Crippen LogP contribution >= 0.6 is 0 Å². The molecule has 0 radical (unpaired) electrons. The molecule has 0 aliphatic carbocycles. The van der Waals surface area contributed by atoms with Crippen molar-refractivity contribution in [2.24, 2.45) is 5.73 Å². The van der Waals surface area contributed by atoms with Gasteiger partial charge in [0.15, 0.2) is 5.82 Å². The minimum atomic E-state index is -0.418. The maximum absolute atomic E-state index is 12.3. The van der Waals surface area contributed by atoms with Crippen LogP contribution in [-0.2, 0) is 25.5 Å². The summed E-state index contributed by atoms with van der Waals surface area (Å²) in [5.41, 5.74) is 6.06. The second-order valence-corrected chi connectivity index (χ2v) is 9.43. The number of nitrogens with one attached hydrogen (secondary N) is 1. The fourth-order valence-electron chi connectivity index (χ4n) is 3.07. The minimum absolute atomic E-state index is 0.0800. The van der Waals surface area contributed by atoms with Gasteiger partial charge in [-0.2, -0.15) is 0 Å². The molecule has 1 aromatic heterocycles. The van der Waals surface area contributed by atoms with Crippen LogP contribution < -0.4 is 11.1 Å². The number of nitrogens with two attached hydrogens (primary N) is 1. The molecule has 2 aromatic rings. The van der Waals surface area contributed by atoms with Crippen molar-refractivity contribution in [3.8, 4) is 11.4 Å². The number of primary amides is 1. The van der Waals surface area contributed by atoms with Gasteiger partial charge in [-0.1, -0.05) is 24.3 Å². The van der Waals surface area contributed by atoms with Crippen LogP contribution in [0.2, 0.25) is 0 Å². The monoisotopic (exact) mass is 472 g/mol. The van der Waals surface area contributed by atoms with E-state index in [0.717, 1.165) is 11.1 Å². The summed E-state index contributed by atoms with van der Waals surface area (Å²) in [6, 6.07) is 7.42. The normalized spacial score (nSPS) is 11.9. The van der Waals surface area contributed by atoms with E-state index in [1.165, 1.54) is 0 Å². The Morgan fingerprint density at radius 3 is 2.12 bits per heavy atom. The highest BCUT2D eigenvalue weighted by Gasteiger charge is 2.23. The third-order valence-electron chi connectivity index (χ3n) is 5.24. The molecule has 186 valence electrons. The van der Waals surface area contributed by atoms with Crippen molar-refractivity contribution in [2.75, 3.05) is 19.8 Å². The molecule has 0 atom stereocenters. The van der Waals surface area contributed by atoms with E-state index in [1.54, 1.807) is 6.92 Å². The second kappa shape index (κ2) is 12.5. The Morgan fingerprint density at radius 2 is 1.50 bits per heavy atom. The Kier molecular flexibility index (Phi) is 10.0. The molecule has 1 aromatic carbocycles. The van der Waals surface area contributed by atoms with E-state index < -0.39 is 11.2 Å². The summed E-state index contributed by atoms with van der Waals surface area (Å²) in [6.45, 7) is 10.9. The van der Waals surface area contributed by atoms with Gasteiger partial charge in [0, 0.05) is 18.5 Å². The van der Waals surface area contributed by atoms with E-state index in [-0.39, 0.29) is 18.2 Å². The largest absolute Gasteiger partial charge is 0.375 e. The number of aryl methyl sites for hydroxylation is 1. The van der Waals surface area contributed by atoms with Gasteiger partial charge < -0.3 is 20.5 Å². The third-order valence-corrected chi connectivity index (χ3v) is 5.24. The van der Waals surface area contributed by atoms with Gasteiger partial charge in [0.25, 0.3) is 0 Å². The van der Waals surface area contributed by atoms with E-state index in [2.05, 4.69) is 25.7 Å². The number of hydrogen-bond acceptors (Lipinski definition) is 8. The van der Waals surface area contributed by atoms with Gasteiger partial charge >= 0.3 is 0 Å². The van der Waals surface area contributed by atoms with Crippen LogP contribution in [0.4, 0.5) is 0 Å². The molecule has 0 saturated heterocycles. The Labute approximate surface area is 201 Å². The fourth-order valence-corrected chi connectivity index (χ4v) is 3.07. The molecule has 2 rings (SSSR count). The summed E-state index contributed by atoms with van der Waals surface area (Å²) >= 11 is 0. The molecule has 0 spiro atoms. The van der Waals surface area contributed by atoms with Crippen LogP contribution in [0.1, 0.15) is 58.3 Å². The highest BCUT2D eigenvalue weighted by molar-refractivity contribution is 5.78. The summed E-state index contributed by atoms with van der Waals surface area (Å²) in [7, 11) is 0. The van der Waals surface area contributed by atoms with E-state index >= 15 is 0 Å². The van der Waals surface area contributed by atoms with Gasteiger partial charge in [-0.25, -0.2) is 0 Å². The standard InChI is InChI=1S/C24H36N6O4/c1-17-27-29-22(30-28-17)19-8-6-18(7-9-19)16-21(32)26-13-15-34-24(4,5)12-14-33-23(2,3)11-10-20(25)31/h6-9H,10-16H2,1-5H3,(H2,25,31)(H,26,32). The van der Waals surface area contributed by atoms with Crippen molar-refractivity contribution in [3.05, 3.63) is 35.7 Å². The number of carbonyl (C=O) groups is 2. The topological polar surface area (TPSA) is 142 Å². The van der Waals surface area contributed by atoms with Crippen LogP contribution in [0.5, 0.6) is 0 Å². The number of carbonyl (C=O) groups excluding carboxylic acids is 2. The maximum Gasteiger partial charge on any atom is 0.224 e. The Balaban J connectivity index is 1.66. The van der Waals surface area contributed by atoms with Crippen LogP contribution in [0.15, 0.2) is 24.3 Å². The SMILES string of the molecule is Cc1nnc(-c2ccc(CC(=O)NCCOC(C)(C)CCOC(C)(C)CCC(N)=O)cc2)nn1. The van der Waals surface area contributed by atoms with Gasteiger partial charge in [0.1, 0.15) is 0 Å². The first-order valence-corrected chi connectivity index (χ1v) is 11.4. The number of aromatic nitrogens is 4. The zero-order valence-electron chi connectivity index (χ0n) is 20.8. The lowest BCUT2D eigenvalue weighted by molar-refractivity contribution is -0.121. The molecule has 10 nitrogen and oxygen atoms in total. The Bertz CT molecular complexity index is 929. The molecule has 34 heavy (non-hydrogen) atoms. The number of benzene rings is 1. The first-order valence-electron chi connectivity index (χ1n) is 11.4. The molecule has 0 aliphatic rings. The van der Waals surface area contributed by atoms with Crippen molar-refractivity contribution in [1.82, 2.24) is 25.7 Å². The molecular formula is C24H36N6O4. The van der Waals surface area contributed by atoms with Crippen LogP contribution in [0.3, 0.4) is 0 Å². The zero-order chi connectivity index (χ0) is 25.2. The molecule has 0 unspecified atom stereocenters. The summed E-state index contributed by atoms with van der Waals surface area (Å²) in [5.74, 6) is 0.551. The van der Waals surface area contributed by atoms with Gasteiger partial charge in [-0.15, -0.1) is 20.4 Å². The van der Waals surface area contributed by atoms with Crippen LogP contribution in [0.25, 0.3) is 11.4 Å². The van der Waals surface area contributed by atoms with E-state index in [1.807, 2.05) is 52.0 Å². The summed E-state index contributed by atoms with van der Waals surface area (Å²) < 4.78 is 11.8. The van der Waals surface area contributed by atoms with Crippen molar-refractivity contribution < 1.29 is 19.1 Å². The average molecular weight is 473 g/mol. The first kappa shape index (κ1) is 27.3. The molecular weight excluding hydrogens is 436 g/mol. The average Bonchev–Trinajstić information content (AvgIpc) is 2.76. The van der Waals surface area contributed by atoms with Gasteiger partial charge in [0.2, 0.25) is 17.6 Å². The smallest absolute Gasteiger partial charge is 0.224 e. The zero-order valence-corrected chi connectivity index (χ0v) is 20.8. The molecule has 0 aliphatic heterocycles. The van der Waals surface area contributed by atoms with Crippen LogP contribution in [-0.4, -0.2) is 63.2 Å². The van der Waals surface area contributed by atoms with Crippen molar-refractivity contribution in [1.29, 1.82) is 0 Å². The molecule has 2 amide bonds. The van der Waals surface area contributed by atoms with Gasteiger partial charge in [0.05, 0.1) is 30.8 Å². The molecule has 1 heterocycles. The lowest BCUT2D eigenvalue weighted by Crippen LogP contribution is -2.35. The van der Waals surface area contributed by atoms with Gasteiger partial charge in [-0.3, -0.25) is 9.59 Å². The van der Waals surface area contributed by atoms with Crippen molar-refractivity contribution in [2.45, 2.75) is 71.5 Å². The molecule has 10 heteroatoms. The quantitative estimate of drug-likeness (QED) is 0.398. The summed E-state index contributed by atoms with van der Waals surface area (Å²) in [6.07, 6.45) is 1.82. The minimum Gasteiger partial charge on any atom is -0.375 e. The Hall–Kier alpha value is -2.98. The number of ether oxygens (including phenoxy) is 2. The highest BCUT2D eigenvalue weighted by Crippen LogP contribution is 2.20. The van der Waals surface area contributed by atoms with E-state index in [4.69, 9.17) is 15.2 Å². The number of amides is 2. The second-order valence-electron chi connectivity index (χ2n) is 9.43. The summed E-state index contributed by atoms with van der Waals surface area (Å²) in [5, 5.41) is 18.7. The molecule has 3 N–H and O–H groups in total. The van der Waals surface area contributed by atoms with E-state index in [0.29, 0.717) is 50.7 Å². The molecule has 0 fully saturated rings. The first-order chi connectivity index (χ1) is 16.0. The van der Waals surface area contributed by atoms with Crippen molar-refractivity contribution >= 4 is 11.8 Å². The van der Waals surface area contributed by atoms with Gasteiger partial charge in [-0.05, 0) is 53.0 Å². The summed E-state index contributed by atoms with van der Waals surface area (Å²) in [4.78, 5) is 23.2. The number of rotatable bonds is 14. The third kappa shape index (κ3) is 10.3. The number of hydrogen-bond donors (Lipinski definition) is 2. The Morgan fingerprint density at radius 1 is 0.912 bits per heavy atom. The molecule has 0 saturated carbocycles. The molecule has 0 bridgehead atoms. The maximum atomic E-state index is 12.3. The highest BCUT2D eigenvalue weighted by atomic mass is 16.5. The van der Waals surface area contributed by atoms with Crippen LogP contribution in [0, 0.1) is 6.92 Å². The fraction of sp³-hybridized carbons (Fsp3) is 0.583. The predicted molar refractivity (Wildman–Crippen MR) is 128 cm³/mol. The lowest BCUT2D eigenvalue weighted by atomic mass is 10.0. The number of nitrogens with zero attached hydrogens (tertiary/aromatic N) is 4.